The smallest absolute Gasteiger partial charge is 0.349 e. The van der Waals surface area contributed by atoms with Gasteiger partial charge in [-0.25, -0.2) is 4.79 Å². The van der Waals surface area contributed by atoms with Crippen LogP contribution in [-0.4, -0.2) is 5.91 Å². The Bertz CT molecular complexity index is 800. The lowest BCUT2D eigenvalue weighted by Crippen LogP contribution is -2.20. The van der Waals surface area contributed by atoms with Crippen molar-refractivity contribution >= 4 is 38.3 Å². The number of nitrogens with two attached hydrogens (primary N) is 1. The number of thiophene rings is 1. The molecule has 0 aliphatic rings. The van der Waals surface area contributed by atoms with Gasteiger partial charge in [-0.2, -0.15) is 0 Å². The van der Waals surface area contributed by atoms with Crippen LogP contribution in [0.3, 0.4) is 0 Å². The zero-order valence-electron chi connectivity index (χ0n) is 8.60. The first-order chi connectivity index (χ1) is 8.16. The second kappa shape index (κ2) is 3.43. The van der Waals surface area contributed by atoms with Crippen LogP contribution in [0.1, 0.15) is 10.4 Å². The van der Waals surface area contributed by atoms with Crippen molar-refractivity contribution in [1.82, 2.24) is 0 Å². The summed E-state index contributed by atoms with van der Waals surface area (Å²) in [6.45, 7) is 0. The van der Waals surface area contributed by atoms with E-state index in [9.17, 15) is 9.59 Å². The first-order valence-electron chi connectivity index (χ1n) is 4.91. The molecule has 1 aromatic carbocycles. The largest absolute Gasteiger partial charge is 0.422 e. The minimum atomic E-state index is -0.770. The molecule has 17 heavy (non-hydrogen) atoms. The lowest BCUT2D eigenvalue weighted by Gasteiger charge is -2.00. The predicted molar refractivity (Wildman–Crippen MR) is 66.4 cm³/mol. The van der Waals surface area contributed by atoms with Crippen LogP contribution in [0.25, 0.3) is 21.1 Å². The van der Waals surface area contributed by atoms with E-state index < -0.39 is 11.5 Å². The van der Waals surface area contributed by atoms with E-state index in [2.05, 4.69) is 0 Å². The van der Waals surface area contributed by atoms with Crippen molar-refractivity contribution in [2.45, 2.75) is 0 Å². The van der Waals surface area contributed by atoms with Crippen molar-refractivity contribution in [1.29, 1.82) is 0 Å². The Morgan fingerprint density at radius 3 is 2.82 bits per heavy atom. The van der Waals surface area contributed by atoms with E-state index in [1.807, 2.05) is 17.5 Å². The molecule has 0 aliphatic heterocycles. The molecular weight excluding hydrogens is 238 g/mol. The van der Waals surface area contributed by atoms with Gasteiger partial charge in [-0.3, -0.25) is 4.79 Å². The average molecular weight is 245 g/mol. The second-order valence-electron chi connectivity index (χ2n) is 3.62. The maximum atomic E-state index is 11.5. The second-order valence-corrected chi connectivity index (χ2v) is 4.57. The minimum absolute atomic E-state index is 0.115. The molecule has 0 atom stereocenters. The molecule has 84 valence electrons. The fourth-order valence-corrected chi connectivity index (χ4v) is 2.62. The quantitative estimate of drug-likeness (QED) is 0.667. The molecule has 2 heterocycles. The van der Waals surface area contributed by atoms with E-state index in [4.69, 9.17) is 10.2 Å². The Labute approximate surface area is 99.3 Å². The van der Waals surface area contributed by atoms with Gasteiger partial charge in [-0.1, -0.05) is 0 Å². The normalized spacial score (nSPS) is 11.1. The number of carbonyl (C=O) groups is 1. The van der Waals surface area contributed by atoms with Crippen LogP contribution in [0.5, 0.6) is 0 Å². The molecule has 3 rings (SSSR count). The minimum Gasteiger partial charge on any atom is -0.422 e. The van der Waals surface area contributed by atoms with Crippen molar-refractivity contribution in [3.05, 3.63) is 45.6 Å². The maximum absolute atomic E-state index is 11.5. The summed E-state index contributed by atoms with van der Waals surface area (Å²) in [5.74, 6) is -0.770. The van der Waals surface area contributed by atoms with Gasteiger partial charge in [-0.15, -0.1) is 11.3 Å². The van der Waals surface area contributed by atoms with Crippen LogP contribution in [0.15, 0.2) is 38.9 Å². The third-order valence-electron chi connectivity index (χ3n) is 2.61. The van der Waals surface area contributed by atoms with Gasteiger partial charge in [0.1, 0.15) is 11.1 Å². The van der Waals surface area contributed by atoms with E-state index in [1.165, 1.54) is 6.07 Å². The highest BCUT2D eigenvalue weighted by Gasteiger charge is 2.12. The van der Waals surface area contributed by atoms with Gasteiger partial charge in [0.15, 0.2) is 0 Å². The molecular formula is C12H7NO3S. The van der Waals surface area contributed by atoms with Crippen molar-refractivity contribution in [3.63, 3.8) is 0 Å². The number of hydrogen-bond acceptors (Lipinski definition) is 4. The molecule has 0 unspecified atom stereocenters. The van der Waals surface area contributed by atoms with Gasteiger partial charge in [0, 0.05) is 15.5 Å². The van der Waals surface area contributed by atoms with E-state index in [0.29, 0.717) is 5.58 Å². The monoisotopic (exact) mass is 245 g/mol. The van der Waals surface area contributed by atoms with Crippen LogP contribution < -0.4 is 11.4 Å². The number of primary amides is 1. The molecule has 4 nitrogen and oxygen atoms in total. The zero-order chi connectivity index (χ0) is 12.0. The number of rotatable bonds is 1. The SMILES string of the molecule is NC(=O)c1cc2c(ccc3sccc32)oc1=O. The Hall–Kier alpha value is -2.14. The highest BCUT2D eigenvalue weighted by atomic mass is 32.1. The summed E-state index contributed by atoms with van der Waals surface area (Å²) in [6, 6.07) is 7.03. The molecule has 3 aromatic rings. The summed E-state index contributed by atoms with van der Waals surface area (Å²) >= 11 is 1.58. The molecule has 0 saturated heterocycles. The summed E-state index contributed by atoms with van der Waals surface area (Å²) in [6.07, 6.45) is 0. The first kappa shape index (κ1) is 10.0. The van der Waals surface area contributed by atoms with Gasteiger partial charge in [0.25, 0.3) is 5.91 Å². The highest BCUT2D eigenvalue weighted by Crippen LogP contribution is 2.28. The summed E-state index contributed by atoms with van der Waals surface area (Å²) in [5, 5.41) is 3.63. The number of carbonyl (C=O) groups excluding carboxylic acids is 1. The molecule has 0 fully saturated rings. The highest BCUT2D eigenvalue weighted by molar-refractivity contribution is 7.17. The van der Waals surface area contributed by atoms with Gasteiger partial charge in [0.05, 0.1) is 0 Å². The average Bonchev–Trinajstić information content (AvgIpc) is 2.75. The van der Waals surface area contributed by atoms with Crippen LogP contribution >= 0.6 is 11.3 Å². The van der Waals surface area contributed by atoms with Gasteiger partial charge < -0.3 is 10.2 Å². The lowest BCUT2D eigenvalue weighted by atomic mass is 10.1. The van der Waals surface area contributed by atoms with Crippen molar-refractivity contribution in [2.24, 2.45) is 5.73 Å². The molecule has 2 N–H and O–H groups in total. The zero-order valence-corrected chi connectivity index (χ0v) is 9.41. The molecule has 0 spiro atoms. The third-order valence-corrected chi connectivity index (χ3v) is 3.50. The Balaban J connectivity index is 2.53. The van der Waals surface area contributed by atoms with Crippen LogP contribution in [0.2, 0.25) is 0 Å². The molecule has 0 aliphatic carbocycles. The van der Waals surface area contributed by atoms with Crippen molar-refractivity contribution in [3.8, 4) is 0 Å². The first-order valence-corrected chi connectivity index (χ1v) is 5.78. The van der Waals surface area contributed by atoms with Crippen LogP contribution in [0, 0.1) is 0 Å². The standard InChI is InChI=1S/C12H7NO3S/c13-11(14)8-5-7-6-3-4-17-10(6)2-1-9(7)16-12(8)15/h1-5H,(H2,13,14). The van der Waals surface area contributed by atoms with Gasteiger partial charge in [-0.05, 0) is 29.6 Å². The Morgan fingerprint density at radius 2 is 2.06 bits per heavy atom. The number of hydrogen-bond donors (Lipinski definition) is 1. The van der Waals surface area contributed by atoms with Crippen LogP contribution in [0.4, 0.5) is 0 Å². The van der Waals surface area contributed by atoms with Crippen molar-refractivity contribution in [2.75, 3.05) is 0 Å². The van der Waals surface area contributed by atoms with Crippen molar-refractivity contribution < 1.29 is 9.21 Å². The summed E-state index contributed by atoms with van der Waals surface area (Å²) in [5.41, 5.74) is 4.78. The Kier molecular flexibility index (Phi) is 2.02. The topological polar surface area (TPSA) is 73.3 Å². The molecule has 2 aromatic heterocycles. The molecule has 1 amide bonds. The molecule has 0 saturated carbocycles. The van der Waals surface area contributed by atoms with E-state index in [0.717, 1.165) is 15.5 Å². The van der Waals surface area contributed by atoms with E-state index in [1.54, 1.807) is 17.4 Å². The summed E-state index contributed by atoms with van der Waals surface area (Å²) < 4.78 is 6.15. The van der Waals surface area contributed by atoms with E-state index >= 15 is 0 Å². The molecule has 0 radical (unpaired) electrons. The summed E-state index contributed by atoms with van der Waals surface area (Å²) in [7, 11) is 0. The Morgan fingerprint density at radius 1 is 1.24 bits per heavy atom. The predicted octanol–water partition coefficient (Wildman–Crippen LogP) is 2.11. The number of benzene rings is 1. The molecule has 5 heteroatoms. The fraction of sp³-hybridized carbons (Fsp3) is 0. The van der Waals surface area contributed by atoms with Gasteiger partial charge >= 0.3 is 5.63 Å². The molecule has 0 bridgehead atoms. The van der Waals surface area contributed by atoms with Crippen LogP contribution in [-0.2, 0) is 0 Å². The lowest BCUT2D eigenvalue weighted by molar-refractivity contribution is 0.0997. The fourth-order valence-electron chi connectivity index (χ4n) is 1.81. The number of fused-ring (bicyclic) bond motifs is 3. The third kappa shape index (κ3) is 1.43. The van der Waals surface area contributed by atoms with Gasteiger partial charge in [0.2, 0.25) is 0 Å². The summed E-state index contributed by atoms with van der Waals surface area (Å²) in [4.78, 5) is 22.6. The number of amides is 1. The maximum Gasteiger partial charge on any atom is 0.349 e. The van der Waals surface area contributed by atoms with E-state index in [-0.39, 0.29) is 5.56 Å².